The molecule has 1 aromatic carbocycles. The predicted octanol–water partition coefficient (Wildman–Crippen LogP) is 3.43. The van der Waals surface area contributed by atoms with E-state index in [9.17, 15) is 35.8 Å². The van der Waals surface area contributed by atoms with E-state index in [1.54, 1.807) is 6.07 Å². The first-order chi connectivity index (χ1) is 19.9. The largest absolute Gasteiger partial charge is 0.508 e. The van der Waals surface area contributed by atoms with Crippen LogP contribution >= 0.6 is 91.8 Å². The van der Waals surface area contributed by atoms with Crippen molar-refractivity contribution in [3.8, 4) is 5.75 Å². The Morgan fingerprint density at radius 3 is 2.39 bits per heavy atom. The van der Waals surface area contributed by atoms with E-state index in [4.69, 9.17) is 60.6 Å². The van der Waals surface area contributed by atoms with Gasteiger partial charge in [0.05, 0.1) is 12.2 Å². The number of carbonyl (C=O) groups is 4. The molecule has 0 aliphatic carbocycles. The van der Waals surface area contributed by atoms with Crippen LogP contribution in [0.3, 0.4) is 0 Å². The van der Waals surface area contributed by atoms with Gasteiger partial charge in [-0.25, -0.2) is 13.2 Å². The second-order valence-corrected chi connectivity index (χ2v) is 18.9. The molecule has 246 valence electrons. The number of hydrogen-bond acceptors (Lipinski definition) is 12. The van der Waals surface area contributed by atoms with Gasteiger partial charge < -0.3 is 19.9 Å². The molecule has 3 rings (SSSR count). The summed E-state index contributed by atoms with van der Waals surface area (Å²) in [6, 6.07) is 5.83. The molecule has 1 unspecified atom stereocenters. The summed E-state index contributed by atoms with van der Waals surface area (Å²) in [5, 5.41) is 11.1. The zero-order valence-electron chi connectivity index (χ0n) is 22.5. The quantitative estimate of drug-likeness (QED) is 0.103. The van der Waals surface area contributed by atoms with Crippen molar-refractivity contribution in [2.45, 2.75) is 37.6 Å². The number of alkyl halides is 5. The van der Waals surface area contributed by atoms with Gasteiger partial charge in [0, 0.05) is 23.8 Å². The minimum atomic E-state index is -4.46. The van der Waals surface area contributed by atoms with E-state index in [1.165, 1.54) is 25.1 Å². The number of rotatable bonds is 12. The number of hydrogen-bond donors (Lipinski definition) is 2. The number of nitrogens with zero attached hydrogens (tertiary/aromatic N) is 1. The molecule has 1 fully saturated rings. The maximum absolute atomic E-state index is 13.9. The summed E-state index contributed by atoms with van der Waals surface area (Å²) in [4.78, 5) is 52.6. The lowest BCUT2D eigenvalue weighted by molar-refractivity contribution is -0.198. The number of carbonyl (C=O) groups excluding carboxylic acids is 4. The van der Waals surface area contributed by atoms with Crippen LogP contribution in [0.25, 0.3) is 0 Å². The van der Waals surface area contributed by atoms with Gasteiger partial charge in [0.25, 0.3) is 11.6 Å². The zero-order valence-corrected chi connectivity index (χ0v) is 30.1. The van der Waals surface area contributed by atoms with Crippen LogP contribution in [0.15, 0.2) is 35.5 Å². The molecule has 2 N–H and O–H groups in total. The van der Waals surface area contributed by atoms with Crippen LogP contribution in [0, 0.1) is 0 Å². The normalized spacial score (nSPS) is 21.3. The van der Waals surface area contributed by atoms with Gasteiger partial charge in [-0.3, -0.25) is 27.1 Å². The van der Waals surface area contributed by atoms with Crippen molar-refractivity contribution in [2.24, 2.45) is 0 Å². The summed E-state index contributed by atoms with van der Waals surface area (Å²) in [6.07, 6.45) is -0.490. The SMILES string of the molecule is CCS(=O)(=O)C(Cl)(O[C@]1(NC(=O)Cc2ccccc2O)C(=O)N2C(C(=O)OCC(Cl)(Cl)Cl)=C(COC(C)=O)CS[C@@H]21)I=O.Cl. The number of β-lactam (4-membered cyclic amide) rings is 1. The number of nitrogens with one attached hydrogen (secondary N) is 1. The van der Waals surface area contributed by atoms with Gasteiger partial charge in [0.15, 0.2) is 0 Å². The number of phenols is 1. The molecule has 0 radical (unpaired) electrons. The Kier molecular flexibility index (Phi) is 13.5. The minimum Gasteiger partial charge on any atom is -0.508 e. The lowest BCUT2D eigenvalue weighted by Crippen LogP contribution is -2.82. The molecule has 0 aromatic heterocycles. The monoisotopic (exact) mass is 870 g/mol. The Balaban J connectivity index is 0.00000675. The van der Waals surface area contributed by atoms with Gasteiger partial charge in [-0.15, -0.1) is 24.2 Å². The van der Waals surface area contributed by atoms with Gasteiger partial charge in [0.1, 0.15) is 30.0 Å². The molecule has 44 heavy (non-hydrogen) atoms. The molecule has 0 saturated carbocycles. The van der Waals surface area contributed by atoms with Crippen molar-refractivity contribution in [1.82, 2.24) is 10.2 Å². The van der Waals surface area contributed by atoms with Crippen LogP contribution in [0.2, 0.25) is 0 Å². The van der Waals surface area contributed by atoms with Crippen molar-refractivity contribution < 1.29 is 50.0 Å². The standard InChI is InChI=1S/C23H23Cl4IN2O11S2.ClH/c1-3-43(37,38)23(27,28-36)41-22(29-16(33)8-13-6-4-5-7-15(13)32)19(35)30-17(18(34)40-11-21(24,25)26)14(9-39-12(2)31)10-42-20(22)30;/h4-7,20,32H,3,8-11H2,1-2H3,(H,29,33);1H/t20-,22-,23?;/m1./s1. The average Bonchev–Trinajstić information content (AvgIpc) is 2.94. The Bertz CT molecular complexity index is 1480. The van der Waals surface area contributed by atoms with Crippen molar-refractivity contribution in [3.63, 3.8) is 0 Å². The van der Waals surface area contributed by atoms with E-state index in [0.29, 0.717) is 0 Å². The van der Waals surface area contributed by atoms with E-state index in [0.717, 1.165) is 23.6 Å². The van der Waals surface area contributed by atoms with Crippen LogP contribution in [0.1, 0.15) is 19.4 Å². The first-order valence-corrected chi connectivity index (χ1v) is 18.1. The van der Waals surface area contributed by atoms with E-state index < -0.39 is 103 Å². The Labute approximate surface area is 292 Å². The minimum absolute atomic E-state index is 0. The number of halogens is 6. The molecule has 1 aromatic rings. The smallest absolute Gasteiger partial charge is 0.355 e. The number of thioether (sulfide) groups is 1. The molecule has 13 nitrogen and oxygen atoms in total. The highest BCUT2D eigenvalue weighted by Gasteiger charge is 2.71. The maximum atomic E-state index is 13.9. The highest BCUT2D eigenvalue weighted by atomic mass is 127. The van der Waals surface area contributed by atoms with E-state index in [2.05, 4.69) is 5.32 Å². The number of esters is 2. The van der Waals surface area contributed by atoms with Gasteiger partial charge >= 0.3 is 14.3 Å². The van der Waals surface area contributed by atoms with Gasteiger partial charge in [-0.2, -0.15) is 0 Å². The van der Waals surface area contributed by atoms with Crippen molar-refractivity contribution in [3.05, 3.63) is 41.1 Å². The number of amides is 2. The number of aromatic hydroxyl groups is 1. The lowest BCUT2D eigenvalue weighted by Gasteiger charge is -2.57. The molecular formula is C23H24Cl5IN2O11S2. The topological polar surface area (TPSA) is 183 Å². The number of phenolic OH excluding ortho intramolecular Hbond substituents is 1. The first-order valence-electron chi connectivity index (χ1n) is 11.9. The zero-order chi connectivity index (χ0) is 32.4. The number of fused-ring (bicyclic) bond motifs is 1. The van der Waals surface area contributed by atoms with Crippen molar-refractivity contribution >= 4 is 125 Å². The lowest BCUT2D eigenvalue weighted by atomic mass is 9.97. The van der Waals surface area contributed by atoms with Gasteiger partial charge in [0.2, 0.25) is 40.7 Å². The first kappa shape index (κ1) is 39.1. The van der Waals surface area contributed by atoms with Crippen molar-refractivity contribution in [2.75, 3.05) is 24.7 Å². The molecule has 2 amide bonds. The third kappa shape index (κ3) is 8.42. The number of sulfone groups is 1. The Morgan fingerprint density at radius 2 is 1.84 bits per heavy atom. The van der Waals surface area contributed by atoms with Crippen LogP contribution in [0.5, 0.6) is 5.75 Å². The Hall–Kier alpha value is -1.12. The van der Waals surface area contributed by atoms with Gasteiger partial charge in [-0.05, 0) is 6.07 Å². The highest BCUT2D eigenvalue weighted by Crippen LogP contribution is 2.52. The molecule has 3 atom stereocenters. The highest BCUT2D eigenvalue weighted by molar-refractivity contribution is 14.1. The second kappa shape index (κ2) is 15.2. The molecule has 0 spiro atoms. The molecule has 1 saturated heterocycles. The summed E-state index contributed by atoms with van der Waals surface area (Å²) in [5.41, 5.74) is -2.74. The Morgan fingerprint density at radius 1 is 1.20 bits per heavy atom. The van der Waals surface area contributed by atoms with E-state index in [-0.39, 0.29) is 35.0 Å². The summed E-state index contributed by atoms with van der Waals surface area (Å²) < 4.78 is 48.7. The van der Waals surface area contributed by atoms with Crippen LogP contribution < -0.4 is 5.32 Å². The van der Waals surface area contributed by atoms with Gasteiger partial charge in [-0.1, -0.05) is 71.5 Å². The summed E-state index contributed by atoms with van der Waals surface area (Å²) >= 11 is 21.5. The summed E-state index contributed by atoms with van der Waals surface area (Å²) in [6.45, 7) is 1.15. The third-order valence-corrected chi connectivity index (χ3v) is 13.5. The fraction of sp³-hybridized carbons (Fsp3) is 0.478. The molecule has 2 aliphatic rings. The van der Waals surface area contributed by atoms with Crippen LogP contribution in [-0.4, -0.2) is 84.2 Å². The van der Waals surface area contributed by atoms with Crippen LogP contribution in [0.4, 0.5) is 0 Å². The average molecular weight is 873 g/mol. The number of ether oxygens (including phenoxy) is 3. The summed E-state index contributed by atoms with van der Waals surface area (Å²) in [5.74, 6) is -4.96. The predicted molar refractivity (Wildman–Crippen MR) is 172 cm³/mol. The maximum Gasteiger partial charge on any atom is 0.355 e. The summed E-state index contributed by atoms with van der Waals surface area (Å²) in [7, 11) is -4.46. The fourth-order valence-electron chi connectivity index (χ4n) is 3.89. The molecule has 0 bridgehead atoms. The molecule has 2 aliphatic heterocycles. The van der Waals surface area contributed by atoms with Crippen LogP contribution in [-0.2, 0) is 52.7 Å². The molecule has 21 heteroatoms. The van der Waals surface area contributed by atoms with Crippen molar-refractivity contribution in [1.29, 1.82) is 0 Å². The second-order valence-electron chi connectivity index (χ2n) is 8.90. The number of para-hydroxylation sites is 1. The fourth-order valence-corrected chi connectivity index (χ4v) is 8.76. The molecular weight excluding hydrogens is 849 g/mol. The third-order valence-electron chi connectivity index (χ3n) is 5.90. The number of benzene rings is 1. The molecule has 2 heterocycles. The van der Waals surface area contributed by atoms with E-state index >= 15 is 0 Å². The van der Waals surface area contributed by atoms with E-state index in [1.807, 2.05) is 0 Å².